The summed E-state index contributed by atoms with van der Waals surface area (Å²) in [4.78, 5) is 12.9. The fourth-order valence-corrected chi connectivity index (χ4v) is 2.43. The second-order valence-electron chi connectivity index (χ2n) is 5.11. The number of carbonyl (C=O) groups is 1. The van der Waals surface area contributed by atoms with Crippen molar-refractivity contribution in [2.75, 3.05) is 24.6 Å². The largest absolute Gasteiger partial charge is 0.370 e. The van der Waals surface area contributed by atoms with E-state index in [1.807, 2.05) is 4.90 Å². The quantitative estimate of drug-likeness (QED) is 0.925. The molecule has 1 aromatic heterocycles. The van der Waals surface area contributed by atoms with Crippen LogP contribution in [0.2, 0.25) is 0 Å². The highest BCUT2D eigenvalue weighted by atomic mass is 19.1. The summed E-state index contributed by atoms with van der Waals surface area (Å²) in [5.74, 6) is -1.40. The van der Waals surface area contributed by atoms with E-state index < -0.39 is 23.6 Å². The third kappa shape index (κ3) is 3.26. The van der Waals surface area contributed by atoms with Gasteiger partial charge in [-0.25, -0.2) is 8.78 Å². The molecule has 6 nitrogen and oxygen atoms in total. The number of aromatic nitrogens is 2. The fraction of sp³-hybridized carbons (Fsp3) is 0.267. The van der Waals surface area contributed by atoms with Crippen LogP contribution in [0.15, 0.2) is 30.3 Å². The van der Waals surface area contributed by atoms with Crippen LogP contribution in [0.5, 0.6) is 0 Å². The van der Waals surface area contributed by atoms with Crippen LogP contribution < -0.4 is 10.6 Å². The lowest BCUT2D eigenvalue weighted by Crippen LogP contribution is -2.39. The van der Waals surface area contributed by atoms with Crippen molar-refractivity contribution in [3.8, 4) is 0 Å². The predicted octanol–water partition coefficient (Wildman–Crippen LogP) is 1.43. The number of primary amides is 1. The Morgan fingerprint density at radius 2 is 2.09 bits per heavy atom. The summed E-state index contributed by atoms with van der Waals surface area (Å²) in [6, 6.07) is 6.51. The van der Waals surface area contributed by atoms with E-state index in [2.05, 4.69) is 10.2 Å². The maximum Gasteiger partial charge on any atom is 0.269 e. The van der Waals surface area contributed by atoms with Gasteiger partial charge in [0.1, 0.15) is 17.7 Å². The summed E-state index contributed by atoms with van der Waals surface area (Å²) in [6.07, 6.45) is -0.540. The first-order valence-electron chi connectivity index (χ1n) is 6.99. The van der Waals surface area contributed by atoms with Gasteiger partial charge >= 0.3 is 0 Å². The first-order valence-corrected chi connectivity index (χ1v) is 6.99. The Balaban J connectivity index is 1.79. The number of hydrogen-bond acceptors (Lipinski definition) is 5. The van der Waals surface area contributed by atoms with Crippen molar-refractivity contribution in [2.45, 2.75) is 6.10 Å². The summed E-state index contributed by atoms with van der Waals surface area (Å²) >= 11 is 0. The van der Waals surface area contributed by atoms with Gasteiger partial charge in [0.2, 0.25) is 0 Å². The monoisotopic (exact) mass is 320 g/mol. The van der Waals surface area contributed by atoms with Gasteiger partial charge in [0.25, 0.3) is 5.91 Å². The van der Waals surface area contributed by atoms with Crippen LogP contribution >= 0.6 is 0 Å². The van der Waals surface area contributed by atoms with Crippen LogP contribution in [0, 0.1) is 11.6 Å². The molecule has 2 aromatic rings. The van der Waals surface area contributed by atoms with Gasteiger partial charge in [0, 0.05) is 18.2 Å². The SMILES string of the molecule is NC(=O)c1ccc(N2CCOC(c3ccc(F)cc3F)C2)nn1. The van der Waals surface area contributed by atoms with E-state index in [0.717, 1.165) is 6.07 Å². The zero-order chi connectivity index (χ0) is 16.4. The highest BCUT2D eigenvalue weighted by molar-refractivity contribution is 5.90. The van der Waals surface area contributed by atoms with E-state index in [9.17, 15) is 13.6 Å². The van der Waals surface area contributed by atoms with E-state index in [-0.39, 0.29) is 11.3 Å². The summed E-state index contributed by atoms with van der Waals surface area (Å²) in [5.41, 5.74) is 5.48. The molecule has 1 saturated heterocycles. The maximum atomic E-state index is 13.9. The van der Waals surface area contributed by atoms with Crippen molar-refractivity contribution < 1.29 is 18.3 Å². The lowest BCUT2D eigenvalue weighted by atomic mass is 10.1. The van der Waals surface area contributed by atoms with Crippen LogP contribution in [-0.2, 0) is 4.74 Å². The molecule has 3 rings (SSSR count). The molecule has 1 aromatic carbocycles. The zero-order valence-corrected chi connectivity index (χ0v) is 12.1. The van der Waals surface area contributed by atoms with Crippen molar-refractivity contribution in [2.24, 2.45) is 5.73 Å². The van der Waals surface area contributed by atoms with Crippen LogP contribution in [-0.4, -0.2) is 35.8 Å². The van der Waals surface area contributed by atoms with Crippen molar-refractivity contribution in [1.82, 2.24) is 10.2 Å². The number of ether oxygens (including phenoxy) is 1. The summed E-state index contributed by atoms with van der Waals surface area (Å²) < 4.78 is 32.5. The number of carbonyl (C=O) groups excluding carboxylic acids is 1. The molecule has 23 heavy (non-hydrogen) atoms. The second kappa shape index (κ2) is 6.25. The molecule has 8 heteroatoms. The van der Waals surface area contributed by atoms with Gasteiger partial charge in [-0.05, 0) is 18.2 Å². The lowest BCUT2D eigenvalue weighted by Gasteiger charge is -2.33. The van der Waals surface area contributed by atoms with E-state index in [4.69, 9.17) is 10.5 Å². The molecule has 0 aliphatic carbocycles. The van der Waals surface area contributed by atoms with Crippen LogP contribution in [0.3, 0.4) is 0 Å². The van der Waals surface area contributed by atoms with Gasteiger partial charge in [0.15, 0.2) is 11.5 Å². The third-order valence-corrected chi connectivity index (χ3v) is 3.60. The fourth-order valence-electron chi connectivity index (χ4n) is 2.43. The molecule has 0 bridgehead atoms. The van der Waals surface area contributed by atoms with Gasteiger partial charge in [0.05, 0.1) is 13.2 Å². The van der Waals surface area contributed by atoms with Crippen molar-refractivity contribution in [3.63, 3.8) is 0 Å². The lowest BCUT2D eigenvalue weighted by molar-refractivity contribution is 0.0371. The molecule has 1 aliphatic heterocycles. The second-order valence-corrected chi connectivity index (χ2v) is 5.11. The van der Waals surface area contributed by atoms with E-state index >= 15 is 0 Å². The minimum atomic E-state index is -0.655. The van der Waals surface area contributed by atoms with E-state index in [1.54, 1.807) is 6.07 Å². The Labute approximate surface area is 130 Å². The Hall–Kier alpha value is -2.61. The van der Waals surface area contributed by atoms with Gasteiger partial charge in [-0.1, -0.05) is 6.07 Å². The number of benzene rings is 1. The van der Waals surface area contributed by atoms with Crippen molar-refractivity contribution >= 4 is 11.7 Å². The number of anilines is 1. The van der Waals surface area contributed by atoms with Crippen LogP contribution in [0.25, 0.3) is 0 Å². The molecule has 120 valence electrons. The third-order valence-electron chi connectivity index (χ3n) is 3.60. The number of hydrogen-bond donors (Lipinski definition) is 1. The summed E-state index contributed by atoms with van der Waals surface area (Å²) in [5, 5.41) is 7.70. The van der Waals surface area contributed by atoms with Gasteiger partial charge in [-0.3, -0.25) is 4.79 Å². The normalized spacial score (nSPS) is 18.0. The summed E-state index contributed by atoms with van der Waals surface area (Å²) in [6.45, 7) is 1.25. The molecule has 1 aliphatic rings. The number of amides is 1. The van der Waals surface area contributed by atoms with Crippen LogP contribution in [0.1, 0.15) is 22.2 Å². The molecule has 1 atom stereocenters. The predicted molar refractivity (Wildman–Crippen MR) is 77.8 cm³/mol. The zero-order valence-electron chi connectivity index (χ0n) is 12.1. The van der Waals surface area contributed by atoms with E-state index in [1.165, 1.54) is 18.2 Å². The number of nitrogens with two attached hydrogens (primary N) is 1. The molecular formula is C15H14F2N4O2. The standard InChI is InChI=1S/C15H14F2N4O2/c16-9-1-2-10(11(17)7-9)13-8-21(5-6-23-13)14-4-3-12(15(18)22)19-20-14/h1-4,7,13H,5-6,8H2,(H2,18,22). The van der Waals surface area contributed by atoms with Crippen molar-refractivity contribution in [1.29, 1.82) is 0 Å². The molecule has 0 radical (unpaired) electrons. The molecule has 0 saturated carbocycles. The topological polar surface area (TPSA) is 81.3 Å². The van der Waals surface area contributed by atoms with Crippen molar-refractivity contribution in [3.05, 3.63) is 53.2 Å². The molecule has 1 fully saturated rings. The minimum Gasteiger partial charge on any atom is -0.370 e. The van der Waals surface area contributed by atoms with Gasteiger partial charge < -0.3 is 15.4 Å². The number of morpholine rings is 1. The Morgan fingerprint density at radius 1 is 1.26 bits per heavy atom. The van der Waals surface area contributed by atoms with Gasteiger partial charge in [-0.15, -0.1) is 10.2 Å². The Bertz CT molecular complexity index is 724. The molecule has 2 heterocycles. The average molecular weight is 320 g/mol. The number of nitrogens with zero attached hydrogens (tertiary/aromatic N) is 3. The minimum absolute atomic E-state index is 0.0724. The number of rotatable bonds is 3. The van der Waals surface area contributed by atoms with E-state index in [0.29, 0.717) is 25.5 Å². The Kier molecular flexibility index (Phi) is 4.16. The Morgan fingerprint density at radius 3 is 2.74 bits per heavy atom. The average Bonchev–Trinajstić information content (AvgIpc) is 2.55. The highest BCUT2D eigenvalue weighted by Gasteiger charge is 2.25. The molecular weight excluding hydrogens is 306 g/mol. The maximum absolute atomic E-state index is 13.9. The van der Waals surface area contributed by atoms with Crippen LogP contribution in [0.4, 0.5) is 14.6 Å². The first-order chi connectivity index (χ1) is 11.0. The number of halogens is 2. The first kappa shape index (κ1) is 15.3. The smallest absolute Gasteiger partial charge is 0.269 e. The summed E-state index contributed by atoms with van der Waals surface area (Å²) in [7, 11) is 0. The molecule has 2 N–H and O–H groups in total. The highest BCUT2D eigenvalue weighted by Crippen LogP contribution is 2.27. The molecule has 1 amide bonds. The van der Waals surface area contributed by atoms with Gasteiger partial charge in [-0.2, -0.15) is 0 Å². The molecule has 0 spiro atoms. The molecule has 1 unspecified atom stereocenters.